The summed E-state index contributed by atoms with van der Waals surface area (Å²) in [5.74, 6) is 1.49. The molecular formula is C12H19N3O2. The minimum atomic E-state index is 0.123. The van der Waals surface area contributed by atoms with E-state index in [1.54, 1.807) is 11.1 Å². The number of ether oxygens (including phenoxy) is 1. The third kappa shape index (κ3) is 3.06. The van der Waals surface area contributed by atoms with Gasteiger partial charge in [-0.3, -0.25) is 4.79 Å². The van der Waals surface area contributed by atoms with Crippen molar-refractivity contribution in [1.29, 1.82) is 0 Å². The van der Waals surface area contributed by atoms with Crippen molar-refractivity contribution in [3.05, 3.63) is 18.2 Å². The Morgan fingerprint density at radius 3 is 3.12 bits per heavy atom. The van der Waals surface area contributed by atoms with Gasteiger partial charge in [0.1, 0.15) is 12.4 Å². The van der Waals surface area contributed by atoms with Crippen molar-refractivity contribution >= 4 is 5.91 Å². The summed E-state index contributed by atoms with van der Waals surface area (Å²) in [6, 6.07) is 0. The highest BCUT2D eigenvalue weighted by Gasteiger charge is 2.20. The van der Waals surface area contributed by atoms with Gasteiger partial charge in [-0.15, -0.1) is 0 Å². The Bertz CT molecular complexity index is 383. The number of amides is 1. The fourth-order valence-electron chi connectivity index (χ4n) is 2.05. The summed E-state index contributed by atoms with van der Waals surface area (Å²) in [4.78, 5) is 17.9. The molecule has 0 N–H and O–H groups in total. The van der Waals surface area contributed by atoms with Crippen LogP contribution >= 0.6 is 0 Å². The molecule has 5 heteroatoms. The van der Waals surface area contributed by atoms with E-state index in [-0.39, 0.29) is 5.91 Å². The van der Waals surface area contributed by atoms with E-state index >= 15 is 0 Å². The Hall–Kier alpha value is -1.36. The summed E-state index contributed by atoms with van der Waals surface area (Å²) in [6.07, 6.45) is 4.61. The number of rotatable bonds is 4. The summed E-state index contributed by atoms with van der Waals surface area (Å²) >= 11 is 0. The van der Waals surface area contributed by atoms with Crippen LogP contribution in [0.5, 0.6) is 0 Å². The maximum Gasteiger partial charge on any atom is 0.242 e. The Morgan fingerprint density at radius 2 is 2.53 bits per heavy atom. The molecule has 1 amide bonds. The van der Waals surface area contributed by atoms with Crippen molar-refractivity contribution in [2.45, 2.75) is 19.9 Å². The molecule has 1 unspecified atom stereocenters. The zero-order chi connectivity index (χ0) is 12.3. The molecule has 17 heavy (non-hydrogen) atoms. The van der Waals surface area contributed by atoms with Gasteiger partial charge in [0.2, 0.25) is 5.91 Å². The predicted octanol–water partition coefficient (Wildman–Crippen LogP) is 0.686. The van der Waals surface area contributed by atoms with Crippen LogP contribution in [0.4, 0.5) is 0 Å². The quantitative estimate of drug-likeness (QED) is 0.774. The molecular weight excluding hydrogens is 218 g/mol. The SMILES string of the molecule is Cc1nccn1CC(=O)N(C)CC1CCOC1. The first kappa shape index (κ1) is 12.1. The van der Waals surface area contributed by atoms with Crippen LogP contribution < -0.4 is 0 Å². The number of aromatic nitrogens is 2. The van der Waals surface area contributed by atoms with Gasteiger partial charge in [0.05, 0.1) is 6.61 Å². The minimum Gasteiger partial charge on any atom is -0.381 e. The van der Waals surface area contributed by atoms with Gasteiger partial charge in [0, 0.05) is 38.5 Å². The molecule has 1 fully saturated rings. The van der Waals surface area contributed by atoms with Gasteiger partial charge in [0.15, 0.2) is 0 Å². The van der Waals surface area contributed by atoms with Crippen molar-refractivity contribution < 1.29 is 9.53 Å². The van der Waals surface area contributed by atoms with Crippen LogP contribution in [0.3, 0.4) is 0 Å². The zero-order valence-corrected chi connectivity index (χ0v) is 10.4. The highest BCUT2D eigenvalue weighted by atomic mass is 16.5. The molecule has 2 heterocycles. The van der Waals surface area contributed by atoms with Crippen molar-refractivity contribution in [2.75, 3.05) is 26.8 Å². The highest BCUT2D eigenvalue weighted by molar-refractivity contribution is 5.75. The monoisotopic (exact) mass is 237 g/mol. The van der Waals surface area contributed by atoms with Crippen LogP contribution in [0.1, 0.15) is 12.2 Å². The first-order valence-electron chi connectivity index (χ1n) is 5.96. The molecule has 0 saturated carbocycles. The van der Waals surface area contributed by atoms with E-state index in [1.807, 2.05) is 24.7 Å². The minimum absolute atomic E-state index is 0.123. The Kier molecular flexibility index (Phi) is 3.78. The maximum absolute atomic E-state index is 12.0. The first-order valence-corrected chi connectivity index (χ1v) is 5.96. The van der Waals surface area contributed by atoms with E-state index in [9.17, 15) is 4.79 Å². The third-order valence-corrected chi connectivity index (χ3v) is 3.21. The van der Waals surface area contributed by atoms with Gasteiger partial charge >= 0.3 is 0 Å². The van der Waals surface area contributed by atoms with Crippen LogP contribution in [0.15, 0.2) is 12.4 Å². The summed E-state index contributed by atoms with van der Waals surface area (Å²) in [6.45, 7) is 4.66. The largest absolute Gasteiger partial charge is 0.381 e. The normalized spacial score (nSPS) is 19.5. The number of hydrogen-bond donors (Lipinski definition) is 0. The van der Waals surface area contributed by atoms with E-state index < -0.39 is 0 Å². The highest BCUT2D eigenvalue weighted by Crippen LogP contribution is 2.13. The molecule has 1 atom stereocenters. The molecule has 1 aromatic rings. The zero-order valence-electron chi connectivity index (χ0n) is 10.4. The molecule has 94 valence electrons. The fourth-order valence-corrected chi connectivity index (χ4v) is 2.05. The van der Waals surface area contributed by atoms with Gasteiger partial charge in [-0.05, 0) is 13.3 Å². The molecule has 2 rings (SSSR count). The lowest BCUT2D eigenvalue weighted by Crippen LogP contribution is -2.34. The van der Waals surface area contributed by atoms with Crippen LogP contribution in [-0.4, -0.2) is 47.2 Å². The average Bonchev–Trinajstić information content (AvgIpc) is 2.91. The molecule has 0 bridgehead atoms. The van der Waals surface area contributed by atoms with Crippen LogP contribution in [-0.2, 0) is 16.1 Å². The molecule has 1 aliphatic heterocycles. The molecule has 0 spiro atoms. The van der Waals surface area contributed by atoms with Crippen molar-refractivity contribution in [2.24, 2.45) is 5.92 Å². The fraction of sp³-hybridized carbons (Fsp3) is 0.667. The number of carbonyl (C=O) groups excluding carboxylic acids is 1. The predicted molar refractivity (Wildman–Crippen MR) is 63.5 cm³/mol. The van der Waals surface area contributed by atoms with E-state index in [2.05, 4.69) is 4.98 Å². The van der Waals surface area contributed by atoms with Gasteiger partial charge < -0.3 is 14.2 Å². The van der Waals surface area contributed by atoms with Crippen molar-refractivity contribution in [3.63, 3.8) is 0 Å². The van der Waals surface area contributed by atoms with Crippen molar-refractivity contribution in [3.8, 4) is 0 Å². The maximum atomic E-state index is 12.0. The Balaban J connectivity index is 1.84. The van der Waals surface area contributed by atoms with E-state index in [1.165, 1.54) is 0 Å². The number of carbonyl (C=O) groups is 1. The molecule has 1 aliphatic rings. The number of nitrogens with zero attached hydrogens (tertiary/aromatic N) is 3. The second-order valence-corrected chi connectivity index (χ2v) is 4.61. The molecule has 0 radical (unpaired) electrons. The third-order valence-electron chi connectivity index (χ3n) is 3.21. The molecule has 5 nitrogen and oxygen atoms in total. The standard InChI is InChI=1S/C12H19N3O2/c1-10-13-4-5-15(10)8-12(16)14(2)7-11-3-6-17-9-11/h4-5,11H,3,6-9H2,1-2H3. The number of imidazole rings is 1. The molecule has 1 saturated heterocycles. The van der Waals surface area contributed by atoms with Crippen LogP contribution in [0.2, 0.25) is 0 Å². The second-order valence-electron chi connectivity index (χ2n) is 4.61. The van der Waals surface area contributed by atoms with E-state index in [4.69, 9.17) is 4.74 Å². The number of hydrogen-bond acceptors (Lipinski definition) is 3. The van der Waals surface area contributed by atoms with E-state index in [0.717, 1.165) is 32.0 Å². The second kappa shape index (κ2) is 5.31. The number of likely N-dealkylation sites (N-methyl/N-ethyl adjacent to an activating group) is 1. The van der Waals surface area contributed by atoms with Gasteiger partial charge in [0.25, 0.3) is 0 Å². The van der Waals surface area contributed by atoms with Crippen LogP contribution in [0.25, 0.3) is 0 Å². The topological polar surface area (TPSA) is 47.4 Å². The Labute approximate surface area is 101 Å². The smallest absolute Gasteiger partial charge is 0.242 e. The van der Waals surface area contributed by atoms with Crippen molar-refractivity contribution in [1.82, 2.24) is 14.5 Å². The van der Waals surface area contributed by atoms with Gasteiger partial charge in [-0.25, -0.2) is 4.98 Å². The average molecular weight is 237 g/mol. The molecule has 1 aromatic heterocycles. The summed E-state index contributed by atoms with van der Waals surface area (Å²) < 4.78 is 7.17. The van der Waals surface area contributed by atoms with E-state index in [0.29, 0.717) is 12.5 Å². The summed E-state index contributed by atoms with van der Waals surface area (Å²) in [7, 11) is 1.85. The Morgan fingerprint density at radius 1 is 1.71 bits per heavy atom. The first-order chi connectivity index (χ1) is 8.16. The van der Waals surface area contributed by atoms with Gasteiger partial charge in [-0.2, -0.15) is 0 Å². The number of aryl methyl sites for hydroxylation is 1. The summed E-state index contributed by atoms with van der Waals surface area (Å²) in [5.41, 5.74) is 0. The molecule has 0 aliphatic carbocycles. The van der Waals surface area contributed by atoms with Crippen LogP contribution in [0, 0.1) is 12.8 Å². The lowest BCUT2D eigenvalue weighted by atomic mass is 10.1. The lowest BCUT2D eigenvalue weighted by molar-refractivity contribution is -0.131. The molecule has 0 aromatic carbocycles. The lowest BCUT2D eigenvalue weighted by Gasteiger charge is -2.20. The summed E-state index contributed by atoms with van der Waals surface area (Å²) in [5, 5.41) is 0. The van der Waals surface area contributed by atoms with Gasteiger partial charge in [-0.1, -0.05) is 0 Å².